The molecule has 0 saturated carbocycles. The molecule has 3 aromatic rings. The zero-order valence-electron chi connectivity index (χ0n) is 14.0. The lowest BCUT2D eigenvalue weighted by Crippen LogP contribution is -2.14. The highest BCUT2D eigenvalue weighted by Gasteiger charge is 2.19. The normalized spacial score (nSPS) is 11.5. The second kappa shape index (κ2) is 8.12. The molecule has 0 bridgehead atoms. The van der Waals surface area contributed by atoms with E-state index < -0.39 is 18.0 Å². The Balaban J connectivity index is 1.80. The quantitative estimate of drug-likeness (QED) is 0.666. The van der Waals surface area contributed by atoms with Gasteiger partial charge in [0.25, 0.3) is 0 Å². The van der Waals surface area contributed by atoms with Crippen LogP contribution in [0.25, 0.3) is 0 Å². The third-order valence-electron chi connectivity index (χ3n) is 4.05. The van der Waals surface area contributed by atoms with Crippen LogP contribution >= 0.6 is 0 Å². The van der Waals surface area contributed by atoms with E-state index in [0.29, 0.717) is 12.0 Å². The van der Waals surface area contributed by atoms with Gasteiger partial charge in [-0.2, -0.15) is 0 Å². The number of aromatic carboxylic acids is 1. The monoisotopic (exact) mass is 346 g/mol. The van der Waals surface area contributed by atoms with Crippen molar-refractivity contribution in [1.29, 1.82) is 0 Å². The molecule has 26 heavy (non-hydrogen) atoms. The molecule has 1 N–H and O–H groups in total. The lowest BCUT2D eigenvalue weighted by molar-refractivity contribution is 0.0297. The maximum Gasteiger partial charge on any atom is 0.338 e. The average Bonchev–Trinajstić information content (AvgIpc) is 2.69. The Morgan fingerprint density at radius 1 is 0.769 bits per heavy atom. The van der Waals surface area contributed by atoms with Gasteiger partial charge in [0.15, 0.2) is 0 Å². The number of carbonyl (C=O) groups excluding carboxylic acids is 1. The molecule has 4 nitrogen and oxygen atoms in total. The lowest BCUT2D eigenvalue weighted by atomic mass is 10.0. The average molecular weight is 346 g/mol. The van der Waals surface area contributed by atoms with Crippen molar-refractivity contribution in [3.8, 4) is 0 Å². The third kappa shape index (κ3) is 4.36. The number of carboxylic acids is 1. The minimum atomic E-state index is -1.03. The maximum absolute atomic E-state index is 12.5. The van der Waals surface area contributed by atoms with Crippen LogP contribution < -0.4 is 0 Å². The highest BCUT2D eigenvalue weighted by Crippen LogP contribution is 2.24. The van der Waals surface area contributed by atoms with Gasteiger partial charge in [0, 0.05) is 6.42 Å². The molecular weight excluding hydrogens is 328 g/mol. The van der Waals surface area contributed by atoms with E-state index in [4.69, 9.17) is 9.84 Å². The molecule has 0 aliphatic heterocycles. The number of rotatable bonds is 6. The molecule has 130 valence electrons. The number of ether oxygens (including phenoxy) is 1. The van der Waals surface area contributed by atoms with Crippen LogP contribution in [0.1, 0.15) is 37.9 Å². The van der Waals surface area contributed by atoms with Crippen LogP contribution in [-0.2, 0) is 11.2 Å². The number of benzene rings is 3. The third-order valence-corrected chi connectivity index (χ3v) is 4.05. The minimum absolute atomic E-state index is 0.130. The molecule has 3 aromatic carbocycles. The fraction of sp³-hybridized carbons (Fsp3) is 0.0909. The van der Waals surface area contributed by atoms with E-state index in [-0.39, 0.29) is 5.56 Å². The molecule has 0 fully saturated rings. The van der Waals surface area contributed by atoms with Gasteiger partial charge < -0.3 is 9.84 Å². The topological polar surface area (TPSA) is 63.6 Å². The van der Waals surface area contributed by atoms with Crippen molar-refractivity contribution in [2.75, 3.05) is 0 Å². The minimum Gasteiger partial charge on any atom is -0.478 e. The second-order valence-electron chi connectivity index (χ2n) is 5.88. The zero-order chi connectivity index (χ0) is 18.4. The van der Waals surface area contributed by atoms with Crippen LogP contribution in [0.2, 0.25) is 0 Å². The first-order valence-corrected chi connectivity index (χ1v) is 8.26. The van der Waals surface area contributed by atoms with Crippen molar-refractivity contribution < 1.29 is 19.4 Å². The van der Waals surface area contributed by atoms with Crippen molar-refractivity contribution in [2.45, 2.75) is 12.5 Å². The number of esters is 1. The fourth-order valence-electron chi connectivity index (χ4n) is 2.67. The molecule has 0 spiro atoms. The summed E-state index contributed by atoms with van der Waals surface area (Å²) in [5.41, 5.74) is 2.43. The van der Waals surface area contributed by atoms with Gasteiger partial charge >= 0.3 is 11.9 Å². The Labute approximate surface area is 151 Å². The fourth-order valence-corrected chi connectivity index (χ4v) is 2.67. The summed E-state index contributed by atoms with van der Waals surface area (Å²) in [7, 11) is 0. The molecule has 0 radical (unpaired) electrons. The standard InChI is InChI=1S/C22H18O4/c23-21(24)18-11-13-19(14-12-18)22(25)26-20(17-9-5-2-6-10-17)15-16-7-3-1-4-8-16/h1-14,20H,15H2,(H,23,24). The number of hydrogen-bond donors (Lipinski definition) is 1. The predicted molar refractivity (Wildman–Crippen MR) is 98.1 cm³/mol. The Bertz CT molecular complexity index is 871. The van der Waals surface area contributed by atoms with Gasteiger partial charge in [0.2, 0.25) is 0 Å². The molecule has 0 aromatic heterocycles. The molecule has 3 rings (SSSR count). The molecule has 1 unspecified atom stereocenters. The Morgan fingerprint density at radius 3 is 1.88 bits per heavy atom. The summed E-state index contributed by atoms with van der Waals surface area (Å²) in [4.78, 5) is 23.5. The van der Waals surface area contributed by atoms with Gasteiger partial charge in [-0.25, -0.2) is 9.59 Å². The van der Waals surface area contributed by atoms with Crippen LogP contribution in [0.15, 0.2) is 84.9 Å². The Hall–Kier alpha value is -3.40. The lowest BCUT2D eigenvalue weighted by Gasteiger charge is -2.19. The van der Waals surface area contributed by atoms with Crippen molar-refractivity contribution in [3.05, 3.63) is 107 Å². The summed E-state index contributed by atoms with van der Waals surface area (Å²) in [6.45, 7) is 0. The predicted octanol–water partition coefficient (Wildman–Crippen LogP) is 4.53. The van der Waals surface area contributed by atoms with Crippen LogP contribution in [-0.4, -0.2) is 17.0 Å². The van der Waals surface area contributed by atoms with Crippen molar-refractivity contribution in [1.82, 2.24) is 0 Å². The van der Waals surface area contributed by atoms with Crippen LogP contribution in [0.4, 0.5) is 0 Å². The molecule has 0 aliphatic rings. The molecule has 0 heterocycles. The van der Waals surface area contributed by atoms with Crippen LogP contribution in [0.5, 0.6) is 0 Å². The molecule has 1 atom stereocenters. The number of hydrogen-bond acceptors (Lipinski definition) is 3. The molecule has 0 saturated heterocycles. The van der Waals surface area contributed by atoms with Gasteiger partial charge in [-0.1, -0.05) is 60.7 Å². The summed E-state index contributed by atoms with van der Waals surface area (Å²) < 4.78 is 5.74. The van der Waals surface area contributed by atoms with Crippen LogP contribution in [0, 0.1) is 0 Å². The molecule has 0 amide bonds. The highest BCUT2D eigenvalue weighted by molar-refractivity contribution is 5.92. The summed E-state index contributed by atoms with van der Waals surface area (Å²) in [6.07, 6.45) is 0.134. The van der Waals surface area contributed by atoms with E-state index in [9.17, 15) is 9.59 Å². The van der Waals surface area contributed by atoms with Crippen molar-refractivity contribution in [3.63, 3.8) is 0 Å². The molecule has 4 heteroatoms. The van der Waals surface area contributed by atoms with E-state index in [1.165, 1.54) is 24.3 Å². The summed E-state index contributed by atoms with van der Waals surface area (Å²) in [5, 5.41) is 8.96. The summed E-state index contributed by atoms with van der Waals surface area (Å²) >= 11 is 0. The van der Waals surface area contributed by atoms with E-state index in [0.717, 1.165) is 11.1 Å². The summed E-state index contributed by atoms with van der Waals surface area (Å²) in [6, 6.07) is 25.1. The van der Waals surface area contributed by atoms with Crippen molar-refractivity contribution >= 4 is 11.9 Å². The maximum atomic E-state index is 12.5. The second-order valence-corrected chi connectivity index (χ2v) is 5.88. The zero-order valence-corrected chi connectivity index (χ0v) is 14.0. The first kappa shape index (κ1) is 17.4. The van der Waals surface area contributed by atoms with Gasteiger partial charge in [0.05, 0.1) is 11.1 Å². The van der Waals surface area contributed by atoms with Gasteiger partial charge in [-0.15, -0.1) is 0 Å². The van der Waals surface area contributed by atoms with Gasteiger partial charge in [-0.3, -0.25) is 0 Å². The van der Waals surface area contributed by atoms with Crippen molar-refractivity contribution in [2.24, 2.45) is 0 Å². The van der Waals surface area contributed by atoms with E-state index in [1.807, 2.05) is 60.7 Å². The number of carbonyl (C=O) groups is 2. The Kier molecular flexibility index (Phi) is 5.44. The van der Waals surface area contributed by atoms with Crippen LogP contribution in [0.3, 0.4) is 0 Å². The van der Waals surface area contributed by atoms with E-state index in [1.54, 1.807) is 0 Å². The highest BCUT2D eigenvalue weighted by atomic mass is 16.5. The smallest absolute Gasteiger partial charge is 0.338 e. The van der Waals surface area contributed by atoms with E-state index >= 15 is 0 Å². The molecule has 0 aliphatic carbocycles. The first-order valence-electron chi connectivity index (χ1n) is 8.26. The SMILES string of the molecule is O=C(O)c1ccc(C(=O)OC(Cc2ccccc2)c2ccccc2)cc1. The largest absolute Gasteiger partial charge is 0.478 e. The summed E-state index contributed by atoms with van der Waals surface area (Å²) in [5.74, 6) is -1.51. The Morgan fingerprint density at radius 2 is 1.31 bits per heavy atom. The van der Waals surface area contributed by atoms with E-state index in [2.05, 4.69) is 0 Å². The first-order chi connectivity index (χ1) is 12.6. The van der Waals surface area contributed by atoms with Gasteiger partial charge in [-0.05, 0) is 35.4 Å². The van der Waals surface area contributed by atoms with Gasteiger partial charge in [0.1, 0.15) is 6.10 Å². The number of carboxylic acid groups (broad SMARTS) is 1. The molecular formula is C22H18O4.